The number of nitro groups is 1. The van der Waals surface area contributed by atoms with Crippen molar-refractivity contribution < 1.29 is 4.92 Å². The van der Waals surface area contributed by atoms with E-state index in [2.05, 4.69) is 10.2 Å². The average Bonchev–Trinajstić information content (AvgIpc) is 2.78. The van der Waals surface area contributed by atoms with Crippen LogP contribution in [0.1, 0.15) is 5.56 Å². The van der Waals surface area contributed by atoms with Crippen molar-refractivity contribution >= 4 is 5.69 Å². The van der Waals surface area contributed by atoms with Crippen LogP contribution in [-0.2, 0) is 0 Å². The van der Waals surface area contributed by atoms with E-state index in [0.29, 0.717) is 16.8 Å². The molecule has 0 amide bonds. The zero-order valence-corrected chi connectivity index (χ0v) is 8.04. The largest absolute Gasteiger partial charge is 0.314 e. The van der Waals surface area contributed by atoms with E-state index >= 15 is 0 Å². The maximum atomic E-state index is 10.7. The van der Waals surface area contributed by atoms with Gasteiger partial charge >= 0.3 is 5.69 Å². The summed E-state index contributed by atoms with van der Waals surface area (Å²) in [5, 5.41) is 25.6. The van der Waals surface area contributed by atoms with Crippen LogP contribution in [0.25, 0.3) is 11.3 Å². The molecule has 6 nitrogen and oxygen atoms in total. The lowest BCUT2D eigenvalue weighted by atomic mass is 10.1. The van der Waals surface area contributed by atoms with Gasteiger partial charge in [-0.3, -0.25) is 15.2 Å². The minimum absolute atomic E-state index is 0.102. The van der Waals surface area contributed by atoms with Gasteiger partial charge in [0.15, 0.2) is 0 Å². The SMILES string of the molecule is N#Cc1cccc(-c2[nH]ncc2[N+](=O)[O-])c1. The Morgan fingerprint density at radius 3 is 3.00 bits per heavy atom. The first kappa shape index (κ1) is 9.86. The summed E-state index contributed by atoms with van der Waals surface area (Å²) >= 11 is 0. The van der Waals surface area contributed by atoms with Crippen LogP contribution in [-0.4, -0.2) is 15.1 Å². The fourth-order valence-corrected chi connectivity index (χ4v) is 1.37. The highest BCUT2D eigenvalue weighted by molar-refractivity contribution is 5.69. The fourth-order valence-electron chi connectivity index (χ4n) is 1.37. The molecule has 0 fully saturated rings. The fraction of sp³-hybridized carbons (Fsp3) is 0. The summed E-state index contributed by atoms with van der Waals surface area (Å²) in [6.45, 7) is 0. The van der Waals surface area contributed by atoms with Crippen molar-refractivity contribution in [1.29, 1.82) is 5.26 Å². The molecule has 0 saturated heterocycles. The normalized spacial score (nSPS) is 9.69. The summed E-state index contributed by atoms with van der Waals surface area (Å²) in [6.07, 6.45) is 1.15. The lowest BCUT2D eigenvalue weighted by molar-refractivity contribution is -0.384. The Hall–Kier alpha value is -2.68. The van der Waals surface area contributed by atoms with Crippen molar-refractivity contribution in [2.45, 2.75) is 0 Å². The van der Waals surface area contributed by atoms with E-state index in [9.17, 15) is 10.1 Å². The Kier molecular flexibility index (Phi) is 2.36. The molecule has 2 aromatic rings. The van der Waals surface area contributed by atoms with E-state index in [1.165, 1.54) is 0 Å². The monoisotopic (exact) mass is 214 g/mol. The van der Waals surface area contributed by atoms with Crippen LogP contribution in [0.2, 0.25) is 0 Å². The highest BCUT2D eigenvalue weighted by Crippen LogP contribution is 2.27. The van der Waals surface area contributed by atoms with E-state index in [4.69, 9.17) is 5.26 Å². The third kappa shape index (κ3) is 1.62. The van der Waals surface area contributed by atoms with E-state index in [1.807, 2.05) is 6.07 Å². The van der Waals surface area contributed by atoms with Crippen molar-refractivity contribution in [3.05, 3.63) is 46.1 Å². The van der Waals surface area contributed by atoms with E-state index in [-0.39, 0.29) is 5.69 Å². The number of hydrogen-bond donors (Lipinski definition) is 1. The standard InChI is InChI=1S/C10H6N4O2/c11-5-7-2-1-3-8(4-7)10-9(14(15)16)6-12-13-10/h1-4,6H,(H,12,13). The lowest BCUT2D eigenvalue weighted by Gasteiger charge is -1.97. The van der Waals surface area contributed by atoms with Crippen molar-refractivity contribution in [3.8, 4) is 17.3 Å². The van der Waals surface area contributed by atoms with E-state index in [0.717, 1.165) is 6.20 Å². The number of aromatic amines is 1. The summed E-state index contributed by atoms with van der Waals surface area (Å²) < 4.78 is 0. The summed E-state index contributed by atoms with van der Waals surface area (Å²) in [4.78, 5) is 10.2. The lowest BCUT2D eigenvalue weighted by Crippen LogP contribution is -1.89. The number of rotatable bonds is 2. The smallest absolute Gasteiger partial charge is 0.271 e. The molecule has 0 aliphatic carbocycles. The second-order valence-electron chi connectivity index (χ2n) is 3.08. The average molecular weight is 214 g/mol. The topological polar surface area (TPSA) is 95.6 Å². The Bertz CT molecular complexity index is 583. The molecule has 78 valence electrons. The number of benzene rings is 1. The van der Waals surface area contributed by atoms with Gasteiger partial charge in [0.05, 0.1) is 16.6 Å². The molecule has 2 rings (SSSR count). The molecule has 0 unspecified atom stereocenters. The van der Waals surface area contributed by atoms with Gasteiger partial charge in [0, 0.05) is 5.56 Å². The summed E-state index contributed by atoms with van der Waals surface area (Å²) in [6, 6.07) is 8.52. The number of H-pyrrole nitrogens is 1. The molecule has 0 saturated carbocycles. The Labute approximate surface area is 90.3 Å². The van der Waals surface area contributed by atoms with Crippen LogP contribution in [0, 0.1) is 21.4 Å². The molecule has 0 spiro atoms. The highest BCUT2D eigenvalue weighted by atomic mass is 16.6. The minimum atomic E-state index is -0.516. The summed E-state index contributed by atoms with van der Waals surface area (Å²) in [7, 11) is 0. The van der Waals surface area contributed by atoms with Crippen LogP contribution in [0.3, 0.4) is 0 Å². The van der Waals surface area contributed by atoms with Crippen LogP contribution in [0.4, 0.5) is 5.69 Å². The second kappa shape index (κ2) is 3.82. The van der Waals surface area contributed by atoms with Gasteiger partial charge in [-0.1, -0.05) is 12.1 Å². The molecule has 0 bridgehead atoms. The van der Waals surface area contributed by atoms with Gasteiger partial charge in [-0.25, -0.2) is 0 Å². The predicted molar refractivity (Wildman–Crippen MR) is 55.4 cm³/mol. The molecule has 0 radical (unpaired) electrons. The van der Waals surface area contributed by atoms with Crippen LogP contribution < -0.4 is 0 Å². The Morgan fingerprint density at radius 2 is 2.31 bits per heavy atom. The number of aromatic nitrogens is 2. The van der Waals surface area contributed by atoms with Crippen molar-refractivity contribution in [3.63, 3.8) is 0 Å². The molecule has 1 aromatic carbocycles. The molecule has 0 aliphatic rings. The third-order valence-corrected chi connectivity index (χ3v) is 2.10. The third-order valence-electron chi connectivity index (χ3n) is 2.10. The highest BCUT2D eigenvalue weighted by Gasteiger charge is 2.17. The van der Waals surface area contributed by atoms with Crippen LogP contribution in [0.5, 0.6) is 0 Å². The molecular formula is C10H6N4O2. The first-order valence-electron chi connectivity index (χ1n) is 4.40. The summed E-state index contributed by atoms with van der Waals surface area (Å²) in [5.41, 5.74) is 1.22. The maximum Gasteiger partial charge on any atom is 0.314 e. The molecule has 1 aromatic heterocycles. The van der Waals surface area contributed by atoms with Gasteiger partial charge in [-0.2, -0.15) is 10.4 Å². The van der Waals surface area contributed by atoms with Gasteiger partial charge in [0.2, 0.25) is 0 Å². The number of nitrogens with zero attached hydrogens (tertiary/aromatic N) is 3. The molecule has 16 heavy (non-hydrogen) atoms. The summed E-state index contributed by atoms with van der Waals surface area (Å²) in [5.74, 6) is 0. The first-order valence-corrected chi connectivity index (χ1v) is 4.40. The zero-order valence-electron chi connectivity index (χ0n) is 8.04. The Balaban J connectivity index is 2.55. The van der Waals surface area contributed by atoms with Gasteiger partial charge < -0.3 is 0 Å². The number of nitrogens with one attached hydrogen (secondary N) is 1. The molecular weight excluding hydrogens is 208 g/mol. The molecule has 6 heteroatoms. The molecule has 0 aliphatic heterocycles. The van der Waals surface area contributed by atoms with Crippen LogP contribution in [0.15, 0.2) is 30.5 Å². The van der Waals surface area contributed by atoms with E-state index in [1.54, 1.807) is 24.3 Å². The van der Waals surface area contributed by atoms with Gasteiger partial charge in [-0.05, 0) is 12.1 Å². The van der Waals surface area contributed by atoms with Crippen LogP contribution >= 0.6 is 0 Å². The van der Waals surface area contributed by atoms with Gasteiger partial charge in [0.1, 0.15) is 11.9 Å². The molecule has 1 N–H and O–H groups in total. The van der Waals surface area contributed by atoms with Gasteiger partial charge in [0.25, 0.3) is 0 Å². The van der Waals surface area contributed by atoms with Crippen molar-refractivity contribution in [1.82, 2.24) is 10.2 Å². The second-order valence-corrected chi connectivity index (χ2v) is 3.08. The van der Waals surface area contributed by atoms with Crippen molar-refractivity contribution in [2.75, 3.05) is 0 Å². The molecule has 1 heterocycles. The first-order chi connectivity index (χ1) is 7.72. The minimum Gasteiger partial charge on any atom is -0.271 e. The Morgan fingerprint density at radius 1 is 1.50 bits per heavy atom. The predicted octanol–water partition coefficient (Wildman–Crippen LogP) is 1.86. The quantitative estimate of drug-likeness (QED) is 0.609. The van der Waals surface area contributed by atoms with Crippen molar-refractivity contribution in [2.24, 2.45) is 0 Å². The van der Waals surface area contributed by atoms with E-state index < -0.39 is 4.92 Å². The molecule has 0 atom stereocenters. The number of nitriles is 1. The zero-order chi connectivity index (χ0) is 11.5. The number of hydrogen-bond acceptors (Lipinski definition) is 4. The van der Waals surface area contributed by atoms with Gasteiger partial charge in [-0.15, -0.1) is 0 Å². The maximum absolute atomic E-state index is 10.7.